The van der Waals surface area contributed by atoms with Gasteiger partial charge in [0.15, 0.2) is 0 Å². The maximum absolute atomic E-state index is 11.4. The van der Waals surface area contributed by atoms with Crippen LogP contribution >= 0.6 is 0 Å². The summed E-state index contributed by atoms with van der Waals surface area (Å²) in [5.41, 5.74) is 7.89. The van der Waals surface area contributed by atoms with Crippen LogP contribution in [0.1, 0.15) is 5.56 Å². The molecule has 0 spiro atoms. The number of nitrogens with zero attached hydrogens (tertiary/aromatic N) is 2. The molecular weight excluding hydrogens is 228 g/mol. The summed E-state index contributed by atoms with van der Waals surface area (Å²) in [6, 6.07) is 3.82. The summed E-state index contributed by atoms with van der Waals surface area (Å²) >= 11 is 0. The van der Waals surface area contributed by atoms with E-state index in [0.717, 1.165) is 11.3 Å². The standard InChI is InChI=1S/C13H12N4O/c14-12(18)10-2-1-7-17-8-11(16-13(10)17)9-3-5-15-6-4-9/h1-8,13,16H,(H2,14,18). The third kappa shape index (κ3) is 1.66. The van der Waals surface area contributed by atoms with E-state index in [1.807, 2.05) is 35.5 Å². The molecule has 0 fully saturated rings. The molecule has 1 amide bonds. The second-order valence-electron chi connectivity index (χ2n) is 4.10. The fourth-order valence-corrected chi connectivity index (χ4v) is 2.09. The number of rotatable bonds is 2. The van der Waals surface area contributed by atoms with Crippen LogP contribution in [0.2, 0.25) is 0 Å². The Morgan fingerprint density at radius 3 is 2.89 bits per heavy atom. The van der Waals surface area contributed by atoms with E-state index in [2.05, 4.69) is 10.3 Å². The van der Waals surface area contributed by atoms with Crippen molar-refractivity contribution in [3.05, 3.63) is 60.2 Å². The number of nitrogens with one attached hydrogen (secondary N) is 1. The van der Waals surface area contributed by atoms with Gasteiger partial charge in [-0.05, 0) is 24.3 Å². The molecule has 3 heterocycles. The monoisotopic (exact) mass is 240 g/mol. The Kier molecular flexibility index (Phi) is 2.37. The van der Waals surface area contributed by atoms with Gasteiger partial charge in [0.1, 0.15) is 6.17 Å². The minimum Gasteiger partial charge on any atom is -0.366 e. The van der Waals surface area contributed by atoms with Gasteiger partial charge in [0.05, 0.1) is 11.3 Å². The molecule has 1 aromatic rings. The van der Waals surface area contributed by atoms with E-state index < -0.39 is 5.91 Å². The molecule has 3 rings (SSSR count). The fourth-order valence-electron chi connectivity index (χ4n) is 2.09. The van der Waals surface area contributed by atoms with Gasteiger partial charge >= 0.3 is 0 Å². The van der Waals surface area contributed by atoms with Gasteiger partial charge in [-0.15, -0.1) is 0 Å². The number of primary amides is 1. The third-order valence-corrected chi connectivity index (χ3v) is 2.97. The minimum atomic E-state index is -0.411. The van der Waals surface area contributed by atoms with Gasteiger partial charge in [0.25, 0.3) is 0 Å². The molecule has 18 heavy (non-hydrogen) atoms. The summed E-state index contributed by atoms with van der Waals surface area (Å²) in [5.74, 6) is -0.411. The van der Waals surface area contributed by atoms with E-state index in [1.54, 1.807) is 18.5 Å². The van der Waals surface area contributed by atoms with Gasteiger partial charge < -0.3 is 16.0 Å². The zero-order chi connectivity index (χ0) is 12.5. The first kappa shape index (κ1) is 10.6. The quantitative estimate of drug-likeness (QED) is 0.792. The third-order valence-electron chi connectivity index (χ3n) is 2.97. The normalized spacial score (nSPS) is 20.9. The van der Waals surface area contributed by atoms with Crippen LogP contribution < -0.4 is 11.1 Å². The van der Waals surface area contributed by atoms with E-state index >= 15 is 0 Å². The highest BCUT2D eigenvalue weighted by Crippen LogP contribution is 2.26. The number of carbonyl (C=O) groups excluding carboxylic acids is 1. The number of amides is 1. The summed E-state index contributed by atoms with van der Waals surface area (Å²) < 4.78 is 0. The highest BCUT2D eigenvalue weighted by molar-refractivity contribution is 5.94. The molecule has 0 aromatic carbocycles. The van der Waals surface area contributed by atoms with Crippen molar-refractivity contribution in [3.63, 3.8) is 0 Å². The highest BCUT2D eigenvalue weighted by Gasteiger charge is 2.30. The van der Waals surface area contributed by atoms with E-state index in [4.69, 9.17) is 5.73 Å². The van der Waals surface area contributed by atoms with Crippen LogP contribution in [0.3, 0.4) is 0 Å². The van der Waals surface area contributed by atoms with E-state index in [9.17, 15) is 4.79 Å². The molecule has 0 bridgehead atoms. The lowest BCUT2D eigenvalue weighted by molar-refractivity contribution is -0.115. The molecule has 0 radical (unpaired) electrons. The Balaban J connectivity index is 1.91. The Morgan fingerprint density at radius 2 is 2.17 bits per heavy atom. The zero-order valence-corrected chi connectivity index (χ0v) is 9.58. The molecule has 5 heteroatoms. The molecule has 2 aliphatic heterocycles. The van der Waals surface area contributed by atoms with E-state index in [1.165, 1.54) is 0 Å². The van der Waals surface area contributed by atoms with Gasteiger partial charge in [-0.2, -0.15) is 0 Å². The average Bonchev–Trinajstić information content (AvgIpc) is 2.83. The van der Waals surface area contributed by atoms with Crippen LogP contribution in [0, 0.1) is 0 Å². The molecule has 2 aliphatic rings. The summed E-state index contributed by atoms with van der Waals surface area (Å²) in [6.45, 7) is 0. The molecule has 0 aliphatic carbocycles. The molecule has 1 unspecified atom stereocenters. The minimum absolute atomic E-state index is 0.212. The first-order valence-corrected chi connectivity index (χ1v) is 5.60. The van der Waals surface area contributed by atoms with Crippen molar-refractivity contribution < 1.29 is 4.79 Å². The van der Waals surface area contributed by atoms with Crippen molar-refractivity contribution in [1.29, 1.82) is 0 Å². The van der Waals surface area contributed by atoms with Gasteiger partial charge in [-0.1, -0.05) is 0 Å². The predicted octanol–water partition coefficient (Wildman–Crippen LogP) is 0.550. The van der Waals surface area contributed by atoms with Crippen molar-refractivity contribution >= 4 is 11.6 Å². The number of hydrogen-bond donors (Lipinski definition) is 2. The SMILES string of the molecule is NC(=O)C1=CC=CN2C=C(c3ccncc3)NC12. The van der Waals surface area contributed by atoms with Crippen LogP contribution in [0.4, 0.5) is 0 Å². The lowest BCUT2D eigenvalue weighted by Crippen LogP contribution is -2.40. The predicted molar refractivity (Wildman–Crippen MR) is 67.4 cm³/mol. The largest absolute Gasteiger partial charge is 0.366 e. The topological polar surface area (TPSA) is 71.2 Å². The van der Waals surface area contributed by atoms with E-state index in [-0.39, 0.29) is 6.17 Å². The summed E-state index contributed by atoms with van der Waals surface area (Å²) in [4.78, 5) is 17.3. The summed E-state index contributed by atoms with van der Waals surface area (Å²) in [5, 5.41) is 3.28. The average molecular weight is 240 g/mol. The molecule has 1 aromatic heterocycles. The molecular formula is C13H12N4O. The van der Waals surface area contributed by atoms with E-state index in [0.29, 0.717) is 5.57 Å². The Labute approximate surface area is 104 Å². The van der Waals surface area contributed by atoms with Gasteiger partial charge in [-0.3, -0.25) is 9.78 Å². The Bertz CT molecular complexity index is 574. The van der Waals surface area contributed by atoms with Crippen molar-refractivity contribution in [2.45, 2.75) is 6.17 Å². The number of carbonyl (C=O) groups is 1. The molecule has 0 saturated heterocycles. The van der Waals surface area contributed by atoms with Gasteiger partial charge in [-0.25, -0.2) is 0 Å². The lowest BCUT2D eigenvalue weighted by Gasteiger charge is -2.25. The number of aromatic nitrogens is 1. The Hall–Kier alpha value is -2.56. The van der Waals surface area contributed by atoms with Gasteiger partial charge in [0.2, 0.25) is 5.91 Å². The van der Waals surface area contributed by atoms with Crippen molar-refractivity contribution in [1.82, 2.24) is 15.2 Å². The first-order valence-electron chi connectivity index (χ1n) is 5.60. The summed E-state index contributed by atoms with van der Waals surface area (Å²) in [6.07, 6.45) is 10.6. The van der Waals surface area contributed by atoms with Crippen molar-refractivity contribution in [3.8, 4) is 0 Å². The Morgan fingerprint density at radius 1 is 1.39 bits per heavy atom. The second kappa shape index (κ2) is 4.03. The van der Waals surface area contributed by atoms with Crippen LogP contribution in [-0.4, -0.2) is 22.0 Å². The van der Waals surface area contributed by atoms with Crippen LogP contribution in [0.15, 0.2) is 54.7 Å². The number of hydrogen-bond acceptors (Lipinski definition) is 4. The smallest absolute Gasteiger partial charge is 0.248 e. The second-order valence-corrected chi connectivity index (χ2v) is 4.10. The van der Waals surface area contributed by atoms with Crippen molar-refractivity contribution in [2.75, 3.05) is 0 Å². The molecule has 5 nitrogen and oxygen atoms in total. The van der Waals surface area contributed by atoms with Crippen LogP contribution in [0.5, 0.6) is 0 Å². The molecule has 90 valence electrons. The van der Waals surface area contributed by atoms with Crippen LogP contribution in [-0.2, 0) is 4.79 Å². The maximum atomic E-state index is 11.4. The zero-order valence-electron chi connectivity index (χ0n) is 9.58. The molecule has 0 saturated carbocycles. The van der Waals surface area contributed by atoms with Gasteiger partial charge in [0, 0.05) is 30.4 Å². The summed E-state index contributed by atoms with van der Waals surface area (Å²) in [7, 11) is 0. The number of allylic oxidation sites excluding steroid dienone is 2. The highest BCUT2D eigenvalue weighted by atomic mass is 16.1. The molecule has 3 N–H and O–H groups in total. The number of pyridine rings is 1. The lowest BCUT2D eigenvalue weighted by atomic mass is 10.1. The number of fused-ring (bicyclic) bond motifs is 1. The van der Waals surface area contributed by atoms with Crippen molar-refractivity contribution in [2.24, 2.45) is 5.73 Å². The van der Waals surface area contributed by atoms with Crippen LogP contribution in [0.25, 0.3) is 5.70 Å². The fraction of sp³-hybridized carbons (Fsp3) is 0.0769. The first-order chi connectivity index (χ1) is 8.75. The maximum Gasteiger partial charge on any atom is 0.248 e. The molecule has 1 atom stereocenters. The number of nitrogens with two attached hydrogens (primary N) is 1.